The lowest BCUT2D eigenvalue weighted by Gasteiger charge is -2.07. The van der Waals surface area contributed by atoms with Crippen LogP contribution in [0.1, 0.15) is 44.1 Å². The van der Waals surface area contributed by atoms with Gasteiger partial charge in [0, 0.05) is 12.0 Å². The summed E-state index contributed by atoms with van der Waals surface area (Å²) in [6, 6.07) is 8.07. The van der Waals surface area contributed by atoms with Crippen LogP contribution in [0.25, 0.3) is 16.3 Å². The molecule has 1 aliphatic carbocycles. The molecule has 0 bridgehead atoms. The molecule has 0 spiro atoms. The lowest BCUT2D eigenvalue weighted by Crippen LogP contribution is -2.12. The minimum atomic E-state index is 0.0361. The summed E-state index contributed by atoms with van der Waals surface area (Å²) in [5.41, 5.74) is 2.13. The van der Waals surface area contributed by atoms with E-state index < -0.39 is 0 Å². The van der Waals surface area contributed by atoms with Gasteiger partial charge in [0.25, 0.3) is 0 Å². The quantitative estimate of drug-likeness (QED) is 0.749. The SMILES string of the molecule is Cc1cccc(-c2nnc3sc(NC(=O)CCC4CCCC4)nn23)c1. The molecule has 0 radical (unpaired) electrons. The molecule has 4 rings (SSSR count). The summed E-state index contributed by atoms with van der Waals surface area (Å²) in [6.07, 6.45) is 6.70. The maximum absolute atomic E-state index is 12.2. The van der Waals surface area contributed by atoms with Gasteiger partial charge in [-0.1, -0.05) is 60.8 Å². The zero-order valence-electron chi connectivity index (χ0n) is 14.2. The second kappa shape index (κ2) is 6.92. The van der Waals surface area contributed by atoms with Crippen molar-refractivity contribution in [3.05, 3.63) is 29.8 Å². The van der Waals surface area contributed by atoms with E-state index in [9.17, 15) is 4.79 Å². The molecule has 2 heterocycles. The highest BCUT2D eigenvalue weighted by molar-refractivity contribution is 7.20. The fraction of sp³-hybridized carbons (Fsp3) is 0.444. The Balaban J connectivity index is 1.47. The molecule has 1 amide bonds. The number of nitrogens with zero attached hydrogens (tertiary/aromatic N) is 4. The zero-order chi connectivity index (χ0) is 17.2. The molecule has 7 heteroatoms. The maximum Gasteiger partial charge on any atom is 0.236 e. The Labute approximate surface area is 150 Å². The second-order valence-corrected chi connectivity index (χ2v) is 7.69. The van der Waals surface area contributed by atoms with E-state index in [1.807, 2.05) is 25.1 Å². The molecule has 1 N–H and O–H groups in total. The summed E-state index contributed by atoms with van der Waals surface area (Å²) in [5, 5.41) is 16.4. The molecule has 2 aromatic heterocycles. The number of rotatable bonds is 5. The molecule has 1 saturated carbocycles. The third-order valence-electron chi connectivity index (χ3n) is 4.77. The fourth-order valence-electron chi connectivity index (χ4n) is 3.45. The van der Waals surface area contributed by atoms with Gasteiger partial charge >= 0.3 is 0 Å². The van der Waals surface area contributed by atoms with Gasteiger partial charge in [0.2, 0.25) is 16.0 Å². The summed E-state index contributed by atoms with van der Waals surface area (Å²) in [7, 11) is 0. The van der Waals surface area contributed by atoms with Crippen molar-refractivity contribution >= 4 is 27.3 Å². The van der Waals surface area contributed by atoms with Crippen LogP contribution in [0.15, 0.2) is 24.3 Å². The Morgan fingerprint density at radius 3 is 2.96 bits per heavy atom. The van der Waals surface area contributed by atoms with Crippen LogP contribution in [0.4, 0.5) is 5.13 Å². The molecule has 0 unspecified atom stereocenters. The van der Waals surface area contributed by atoms with Gasteiger partial charge in [0.15, 0.2) is 5.82 Å². The first kappa shape index (κ1) is 16.2. The van der Waals surface area contributed by atoms with Gasteiger partial charge in [-0.25, -0.2) is 0 Å². The van der Waals surface area contributed by atoms with Crippen molar-refractivity contribution in [3.8, 4) is 11.4 Å². The molecule has 6 nitrogen and oxygen atoms in total. The largest absolute Gasteiger partial charge is 0.301 e. The summed E-state index contributed by atoms with van der Waals surface area (Å²) >= 11 is 1.35. The molecule has 3 aromatic rings. The third-order valence-corrected chi connectivity index (χ3v) is 5.58. The van der Waals surface area contributed by atoms with Gasteiger partial charge in [-0.05, 0) is 25.3 Å². The lowest BCUT2D eigenvalue weighted by atomic mass is 10.0. The number of hydrogen-bond acceptors (Lipinski definition) is 5. The van der Waals surface area contributed by atoms with Crippen molar-refractivity contribution in [1.29, 1.82) is 0 Å². The van der Waals surface area contributed by atoms with Crippen molar-refractivity contribution in [1.82, 2.24) is 19.8 Å². The zero-order valence-corrected chi connectivity index (χ0v) is 15.1. The van der Waals surface area contributed by atoms with E-state index in [1.54, 1.807) is 4.52 Å². The van der Waals surface area contributed by atoms with E-state index in [0.717, 1.165) is 23.5 Å². The number of benzene rings is 1. The molecular weight excluding hydrogens is 334 g/mol. The number of carbonyl (C=O) groups excluding carboxylic acids is 1. The van der Waals surface area contributed by atoms with Crippen molar-refractivity contribution in [3.63, 3.8) is 0 Å². The maximum atomic E-state index is 12.2. The molecule has 0 saturated heterocycles. The van der Waals surface area contributed by atoms with Crippen LogP contribution in [-0.2, 0) is 4.79 Å². The molecule has 1 aromatic carbocycles. The van der Waals surface area contributed by atoms with Crippen molar-refractivity contribution < 1.29 is 4.79 Å². The Morgan fingerprint density at radius 2 is 2.16 bits per heavy atom. The number of anilines is 1. The highest BCUT2D eigenvalue weighted by Gasteiger charge is 2.18. The van der Waals surface area contributed by atoms with Gasteiger partial charge in [-0.3, -0.25) is 4.79 Å². The molecule has 0 atom stereocenters. The monoisotopic (exact) mass is 355 g/mol. The molecule has 130 valence electrons. The molecule has 0 aliphatic heterocycles. The number of hydrogen-bond donors (Lipinski definition) is 1. The van der Waals surface area contributed by atoms with E-state index in [0.29, 0.717) is 22.3 Å². The first-order chi connectivity index (χ1) is 12.2. The van der Waals surface area contributed by atoms with E-state index in [2.05, 4.69) is 26.7 Å². The number of amides is 1. The van der Waals surface area contributed by atoms with Gasteiger partial charge in [-0.15, -0.1) is 15.3 Å². The Kier molecular flexibility index (Phi) is 4.48. The summed E-state index contributed by atoms with van der Waals surface area (Å²) in [4.78, 5) is 12.9. The van der Waals surface area contributed by atoms with Crippen LogP contribution < -0.4 is 5.32 Å². The summed E-state index contributed by atoms with van der Waals surface area (Å²) in [5.74, 6) is 1.45. The predicted molar refractivity (Wildman–Crippen MR) is 98.7 cm³/mol. The van der Waals surface area contributed by atoms with Crippen LogP contribution in [0.3, 0.4) is 0 Å². The van der Waals surface area contributed by atoms with E-state index >= 15 is 0 Å². The Morgan fingerprint density at radius 1 is 1.32 bits per heavy atom. The smallest absolute Gasteiger partial charge is 0.236 e. The standard InChI is InChI=1S/C18H21N5OS/c1-12-5-4-8-14(11-12)16-20-21-18-23(16)22-17(25-18)19-15(24)10-9-13-6-2-3-7-13/h4-5,8,11,13H,2-3,6-7,9-10H2,1H3,(H,19,22,24). The number of aryl methyl sites for hydroxylation is 1. The van der Waals surface area contributed by atoms with Crippen LogP contribution in [0, 0.1) is 12.8 Å². The number of fused-ring (bicyclic) bond motifs is 1. The highest BCUT2D eigenvalue weighted by atomic mass is 32.1. The van der Waals surface area contributed by atoms with E-state index in [1.165, 1.54) is 37.0 Å². The molecular formula is C18H21N5OS. The average molecular weight is 355 g/mol. The number of carbonyl (C=O) groups is 1. The Hall–Kier alpha value is -2.28. The number of aromatic nitrogens is 4. The predicted octanol–water partition coefficient (Wildman–Crippen LogP) is 4.07. The van der Waals surface area contributed by atoms with Crippen molar-refractivity contribution in [2.24, 2.45) is 5.92 Å². The van der Waals surface area contributed by atoms with Gasteiger partial charge in [-0.2, -0.15) is 4.52 Å². The minimum absolute atomic E-state index is 0.0361. The lowest BCUT2D eigenvalue weighted by molar-refractivity contribution is -0.116. The molecule has 1 fully saturated rings. The first-order valence-corrected chi connectivity index (χ1v) is 9.60. The third kappa shape index (κ3) is 3.56. The van der Waals surface area contributed by atoms with E-state index in [-0.39, 0.29) is 5.91 Å². The van der Waals surface area contributed by atoms with Gasteiger partial charge in [0.1, 0.15) is 0 Å². The fourth-order valence-corrected chi connectivity index (χ4v) is 4.20. The number of nitrogens with one attached hydrogen (secondary N) is 1. The highest BCUT2D eigenvalue weighted by Crippen LogP contribution is 2.29. The molecule has 1 aliphatic rings. The minimum Gasteiger partial charge on any atom is -0.301 e. The second-order valence-electron chi connectivity index (χ2n) is 6.73. The van der Waals surface area contributed by atoms with Crippen LogP contribution >= 0.6 is 11.3 Å². The Bertz CT molecular complexity index is 894. The normalized spacial score (nSPS) is 15.1. The average Bonchev–Trinajstić information content (AvgIpc) is 3.29. The van der Waals surface area contributed by atoms with E-state index in [4.69, 9.17) is 0 Å². The first-order valence-electron chi connectivity index (χ1n) is 8.78. The molecule has 25 heavy (non-hydrogen) atoms. The van der Waals surface area contributed by atoms with Gasteiger partial charge in [0.05, 0.1) is 0 Å². The van der Waals surface area contributed by atoms with Gasteiger partial charge < -0.3 is 5.32 Å². The van der Waals surface area contributed by atoms with Crippen molar-refractivity contribution in [2.45, 2.75) is 45.4 Å². The van der Waals surface area contributed by atoms with Crippen molar-refractivity contribution in [2.75, 3.05) is 5.32 Å². The van der Waals surface area contributed by atoms with Crippen LogP contribution in [-0.4, -0.2) is 25.7 Å². The summed E-state index contributed by atoms with van der Waals surface area (Å²) < 4.78 is 1.70. The van der Waals surface area contributed by atoms with Crippen LogP contribution in [0.5, 0.6) is 0 Å². The topological polar surface area (TPSA) is 72.2 Å². The summed E-state index contributed by atoms with van der Waals surface area (Å²) in [6.45, 7) is 2.04. The van der Waals surface area contributed by atoms with Crippen LogP contribution in [0.2, 0.25) is 0 Å².